The molecule has 0 bridgehead atoms. The van der Waals surface area contributed by atoms with Crippen molar-refractivity contribution in [3.63, 3.8) is 0 Å². The van der Waals surface area contributed by atoms with Crippen LogP contribution < -0.4 is 10.5 Å². The number of hydrogen-bond acceptors (Lipinski definition) is 4. The van der Waals surface area contributed by atoms with Crippen LogP contribution in [0.1, 0.15) is 32.1 Å². The molecule has 0 aromatic rings. The minimum atomic E-state index is -3.36. The molecule has 20 heavy (non-hydrogen) atoms. The van der Waals surface area contributed by atoms with Crippen molar-refractivity contribution in [3.05, 3.63) is 0 Å². The molecular formula is C13H27N3O3S. The molecule has 118 valence electrons. The molecular weight excluding hydrogens is 278 g/mol. The average molecular weight is 305 g/mol. The second kappa shape index (κ2) is 6.70. The lowest BCUT2D eigenvalue weighted by Crippen LogP contribution is -2.48. The van der Waals surface area contributed by atoms with Crippen LogP contribution in [-0.4, -0.2) is 52.6 Å². The molecule has 1 atom stereocenters. The van der Waals surface area contributed by atoms with Gasteiger partial charge in [-0.25, -0.2) is 4.72 Å². The van der Waals surface area contributed by atoms with E-state index in [1.807, 2.05) is 0 Å². The van der Waals surface area contributed by atoms with Crippen molar-refractivity contribution in [2.75, 3.05) is 39.9 Å². The van der Waals surface area contributed by atoms with Crippen molar-refractivity contribution in [1.82, 2.24) is 9.03 Å². The van der Waals surface area contributed by atoms with E-state index in [-0.39, 0.29) is 5.41 Å². The fourth-order valence-corrected chi connectivity index (χ4v) is 4.23. The van der Waals surface area contributed by atoms with E-state index in [0.717, 1.165) is 32.1 Å². The average Bonchev–Trinajstić information content (AvgIpc) is 3.24. The molecule has 2 aliphatic rings. The number of methoxy groups -OCH3 is 1. The summed E-state index contributed by atoms with van der Waals surface area (Å²) in [7, 11) is -1.68. The summed E-state index contributed by atoms with van der Waals surface area (Å²) in [6, 6.07) is 0. The lowest BCUT2D eigenvalue weighted by Gasteiger charge is -2.31. The third-order valence-corrected chi connectivity index (χ3v) is 6.10. The first kappa shape index (κ1) is 16.2. The number of piperidine rings is 1. The monoisotopic (exact) mass is 305 g/mol. The highest BCUT2D eigenvalue weighted by atomic mass is 32.2. The molecule has 3 N–H and O–H groups in total. The van der Waals surface area contributed by atoms with Crippen molar-refractivity contribution >= 4 is 10.2 Å². The zero-order valence-corrected chi connectivity index (χ0v) is 13.1. The molecule has 0 amide bonds. The molecule has 0 aromatic carbocycles. The predicted octanol–water partition coefficient (Wildman–Crippen LogP) is 0.308. The number of nitrogens with two attached hydrogens (primary N) is 1. The molecule has 7 heteroatoms. The van der Waals surface area contributed by atoms with Crippen LogP contribution >= 0.6 is 0 Å². The normalized spacial score (nSPS) is 26.6. The number of rotatable bonds is 8. The summed E-state index contributed by atoms with van der Waals surface area (Å²) in [5, 5.41) is 0. The Kier molecular flexibility index (Phi) is 5.42. The topological polar surface area (TPSA) is 84.7 Å². The van der Waals surface area contributed by atoms with E-state index in [0.29, 0.717) is 38.7 Å². The third kappa shape index (κ3) is 4.14. The highest BCUT2D eigenvalue weighted by molar-refractivity contribution is 7.87. The Balaban J connectivity index is 1.84. The SMILES string of the molecule is COCCC1(CNS(=O)(=O)N2CCCC(CN)C2)CC1. The summed E-state index contributed by atoms with van der Waals surface area (Å²) in [4.78, 5) is 0. The summed E-state index contributed by atoms with van der Waals surface area (Å²) < 4.78 is 34.1. The van der Waals surface area contributed by atoms with Crippen LogP contribution in [-0.2, 0) is 14.9 Å². The molecule has 1 saturated carbocycles. The van der Waals surface area contributed by atoms with Crippen LogP contribution in [0.2, 0.25) is 0 Å². The molecule has 1 aliphatic carbocycles. The first-order chi connectivity index (χ1) is 9.51. The third-order valence-electron chi connectivity index (χ3n) is 4.58. The highest BCUT2D eigenvalue weighted by Gasteiger charge is 2.43. The number of hydrogen-bond donors (Lipinski definition) is 2. The van der Waals surface area contributed by atoms with Gasteiger partial charge in [0.15, 0.2) is 0 Å². The van der Waals surface area contributed by atoms with Crippen LogP contribution in [0, 0.1) is 11.3 Å². The van der Waals surface area contributed by atoms with Crippen molar-refractivity contribution in [2.24, 2.45) is 17.1 Å². The molecule has 0 radical (unpaired) electrons. The number of nitrogens with zero attached hydrogens (tertiary/aromatic N) is 1. The van der Waals surface area contributed by atoms with Gasteiger partial charge in [0.1, 0.15) is 0 Å². The van der Waals surface area contributed by atoms with Gasteiger partial charge in [-0.1, -0.05) is 0 Å². The number of ether oxygens (including phenoxy) is 1. The van der Waals surface area contributed by atoms with Crippen molar-refractivity contribution in [3.8, 4) is 0 Å². The van der Waals surface area contributed by atoms with E-state index < -0.39 is 10.2 Å². The van der Waals surface area contributed by atoms with Crippen molar-refractivity contribution in [1.29, 1.82) is 0 Å². The molecule has 0 spiro atoms. The zero-order valence-electron chi connectivity index (χ0n) is 12.3. The molecule has 1 unspecified atom stereocenters. The maximum absolute atomic E-state index is 12.3. The Morgan fingerprint density at radius 1 is 1.45 bits per heavy atom. The molecule has 6 nitrogen and oxygen atoms in total. The van der Waals surface area contributed by atoms with E-state index in [1.54, 1.807) is 11.4 Å². The zero-order chi connectivity index (χ0) is 14.6. The van der Waals surface area contributed by atoms with E-state index in [4.69, 9.17) is 10.5 Å². The standard InChI is InChI=1S/C13H27N3O3S/c1-19-8-6-13(4-5-13)11-15-20(17,18)16-7-2-3-12(9-14)10-16/h12,15H,2-11,14H2,1H3. The summed E-state index contributed by atoms with van der Waals surface area (Å²) in [5.41, 5.74) is 5.79. The first-order valence-corrected chi connectivity index (χ1v) is 8.89. The van der Waals surface area contributed by atoms with Gasteiger partial charge in [-0.15, -0.1) is 0 Å². The van der Waals surface area contributed by atoms with E-state index in [1.165, 1.54) is 0 Å². The Morgan fingerprint density at radius 2 is 2.20 bits per heavy atom. The van der Waals surface area contributed by atoms with Gasteiger partial charge in [0.2, 0.25) is 0 Å². The quantitative estimate of drug-likeness (QED) is 0.676. The summed E-state index contributed by atoms with van der Waals surface area (Å²) in [5.74, 6) is 0.295. The largest absolute Gasteiger partial charge is 0.385 e. The summed E-state index contributed by atoms with van der Waals surface area (Å²) >= 11 is 0. The van der Waals surface area contributed by atoms with Gasteiger partial charge in [-0.05, 0) is 50.0 Å². The predicted molar refractivity (Wildman–Crippen MR) is 78.4 cm³/mol. The lowest BCUT2D eigenvalue weighted by atomic mass is 10.0. The summed E-state index contributed by atoms with van der Waals surface area (Å²) in [6.07, 6.45) is 5.03. The van der Waals surface area contributed by atoms with Gasteiger partial charge in [0, 0.05) is 33.4 Å². The van der Waals surface area contributed by atoms with Crippen LogP contribution in [0.25, 0.3) is 0 Å². The van der Waals surface area contributed by atoms with E-state index in [2.05, 4.69) is 4.72 Å². The van der Waals surface area contributed by atoms with Gasteiger partial charge >= 0.3 is 0 Å². The highest BCUT2D eigenvalue weighted by Crippen LogP contribution is 2.48. The fourth-order valence-electron chi connectivity index (χ4n) is 2.78. The first-order valence-electron chi connectivity index (χ1n) is 7.45. The Hall–Kier alpha value is -0.210. The smallest absolute Gasteiger partial charge is 0.279 e. The minimum Gasteiger partial charge on any atom is -0.385 e. The Labute approximate surface area is 122 Å². The van der Waals surface area contributed by atoms with Crippen molar-refractivity contribution < 1.29 is 13.2 Å². The molecule has 2 fully saturated rings. The molecule has 0 aromatic heterocycles. The maximum atomic E-state index is 12.3. The van der Waals surface area contributed by atoms with Crippen molar-refractivity contribution in [2.45, 2.75) is 32.1 Å². The lowest BCUT2D eigenvalue weighted by molar-refractivity contribution is 0.172. The second-order valence-corrected chi connectivity index (χ2v) is 7.93. The minimum absolute atomic E-state index is 0.131. The van der Waals surface area contributed by atoms with Gasteiger partial charge in [0.05, 0.1) is 0 Å². The van der Waals surface area contributed by atoms with Crippen LogP contribution in [0.4, 0.5) is 0 Å². The Bertz CT molecular complexity index is 409. The fraction of sp³-hybridized carbons (Fsp3) is 1.00. The summed E-state index contributed by atoms with van der Waals surface area (Å²) in [6.45, 7) is 2.95. The van der Waals surface area contributed by atoms with E-state index >= 15 is 0 Å². The van der Waals surface area contributed by atoms with Gasteiger partial charge < -0.3 is 10.5 Å². The van der Waals surface area contributed by atoms with Crippen LogP contribution in [0.3, 0.4) is 0 Å². The van der Waals surface area contributed by atoms with Crippen LogP contribution in [0.5, 0.6) is 0 Å². The van der Waals surface area contributed by atoms with Gasteiger partial charge in [0.25, 0.3) is 10.2 Å². The van der Waals surface area contributed by atoms with Gasteiger partial charge in [-0.3, -0.25) is 0 Å². The molecule has 1 saturated heterocycles. The number of nitrogens with one attached hydrogen (secondary N) is 1. The van der Waals surface area contributed by atoms with Gasteiger partial charge in [-0.2, -0.15) is 12.7 Å². The van der Waals surface area contributed by atoms with Crippen LogP contribution in [0.15, 0.2) is 0 Å². The maximum Gasteiger partial charge on any atom is 0.279 e. The second-order valence-electron chi connectivity index (χ2n) is 6.17. The molecule has 1 aliphatic heterocycles. The van der Waals surface area contributed by atoms with E-state index in [9.17, 15) is 8.42 Å². The molecule has 1 heterocycles. The molecule has 2 rings (SSSR count). The Morgan fingerprint density at radius 3 is 2.80 bits per heavy atom.